The minimum Gasteiger partial charge on any atom is -0.493 e. The summed E-state index contributed by atoms with van der Waals surface area (Å²) in [6.07, 6.45) is 0.127. The predicted molar refractivity (Wildman–Crippen MR) is 131 cm³/mol. The molecule has 0 atom stereocenters. The molecular weight excluding hydrogens is 430 g/mol. The van der Waals surface area contributed by atoms with Crippen molar-refractivity contribution in [2.24, 2.45) is 0 Å². The zero-order valence-electron chi connectivity index (χ0n) is 19.2. The Morgan fingerprint density at radius 3 is 2.03 bits per heavy atom. The van der Waals surface area contributed by atoms with E-state index < -0.39 is 0 Å². The fraction of sp³-hybridized carbons (Fsp3) is 0.192. The van der Waals surface area contributed by atoms with Crippen LogP contribution in [0.15, 0.2) is 78.9 Å². The molecule has 2 N–H and O–H groups in total. The Kier molecular flexibility index (Phi) is 7.39. The highest BCUT2D eigenvalue weighted by Gasteiger charge is 2.18. The van der Waals surface area contributed by atoms with Gasteiger partial charge >= 0.3 is 0 Å². The van der Waals surface area contributed by atoms with Gasteiger partial charge in [-0.25, -0.2) is 0 Å². The van der Waals surface area contributed by atoms with Gasteiger partial charge in [0.1, 0.15) is 0 Å². The summed E-state index contributed by atoms with van der Waals surface area (Å²) in [6.45, 7) is 1.06. The number of nitrogens with zero attached hydrogens (tertiary/aromatic N) is 3. The normalized spacial score (nSPS) is 10.5. The molecule has 1 aromatic heterocycles. The first-order valence-electron chi connectivity index (χ1n) is 10.9. The third-order valence-electron chi connectivity index (χ3n) is 5.23. The number of benzene rings is 3. The van der Waals surface area contributed by atoms with Crippen LogP contribution in [0.4, 0.5) is 11.9 Å². The molecule has 0 unspecified atom stereocenters. The van der Waals surface area contributed by atoms with E-state index in [0.717, 1.165) is 16.7 Å². The molecule has 174 valence electrons. The molecule has 0 amide bonds. The van der Waals surface area contributed by atoms with E-state index in [1.54, 1.807) is 26.4 Å². The van der Waals surface area contributed by atoms with Gasteiger partial charge in [-0.15, -0.1) is 5.10 Å². The first-order chi connectivity index (χ1) is 16.7. The van der Waals surface area contributed by atoms with Crippen LogP contribution in [-0.4, -0.2) is 34.9 Å². The number of ether oxygens (including phenoxy) is 2. The van der Waals surface area contributed by atoms with Crippen molar-refractivity contribution in [2.45, 2.75) is 19.5 Å². The Morgan fingerprint density at radius 1 is 0.794 bits per heavy atom. The van der Waals surface area contributed by atoms with Gasteiger partial charge in [-0.2, -0.15) is 9.67 Å². The highest BCUT2D eigenvalue weighted by Crippen LogP contribution is 2.28. The fourth-order valence-corrected chi connectivity index (χ4v) is 3.47. The Bertz CT molecular complexity index is 1230. The monoisotopic (exact) mass is 457 g/mol. The zero-order valence-corrected chi connectivity index (χ0v) is 19.2. The Labute approximate surface area is 198 Å². The number of nitrogens with one attached hydrogen (secondary N) is 2. The van der Waals surface area contributed by atoms with E-state index in [4.69, 9.17) is 9.47 Å². The van der Waals surface area contributed by atoms with E-state index in [0.29, 0.717) is 36.5 Å². The lowest BCUT2D eigenvalue weighted by Gasteiger charge is -2.10. The molecule has 0 aliphatic rings. The number of carbonyl (C=O) groups is 1. The van der Waals surface area contributed by atoms with Crippen LogP contribution in [0.3, 0.4) is 0 Å². The molecule has 0 saturated carbocycles. The molecule has 0 fully saturated rings. The number of hydrogen-bond donors (Lipinski definition) is 2. The number of methoxy groups -OCH3 is 2. The molecule has 0 saturated heterocycles. The van der Waals surface area contributed by atoms with E-state index >= 15 is 0 Å². The largest absolute Gasteiger partial charge is 0.493 e. The first-order valence-corrected chi connectivity index (χ1v) is 10.9. The standard InChI is InChI=1S/C26H27N5O3/c1-33-22-14-13-21(15-23(22)34-2)16-24(32)31-26(28-18-20-11-7-4-8-12-20)29-25(30-31)27-17-19-9-5-3-6-10-19/h3-15H,16-18H2,1-2H3,(H2,27,28,29,30). The quantitative estimate of drug-likeness (QED) is 0.365. The summed E-state index contributed by atoms with van der Waals surface area (Å²) in [4.78, 5) is 17.7. The minimum absolute atomic E-state index is 0.127. The molecule has 0 aliphatic carbocycles. The van der Waals surface area contributed by atoms with Crippen molar-refractivity contribution in [1.29, 1.82) is 0 Å². The van der Waals surface area contributed by atoms with E-state index in [9.17, 15) is 4.79 Å². The summed E-state index contributed by atoms with van der Waals surface area (Å²) < 4.78 is 12.0. The third kappa shape index (κ3) is 5.72. The van der Waals surface area contributed by atoms with Gasteiger partial charge < -0.3 is 20.1 Å². The SMILES string of the molecule is COc1ccc(CC(=O)n2nc(NCc3ccccc3)nc2NCc2ccccc2)cc1OC. The fourth-order valence-electron chi connectivity index (χ4n) is 3.47. The number of anilines is 2. The smallest absolute Gasteiger partial charge is 0.254 e. The van der Waals surface area contributed by atoms with Crippen LogP contribution in [0.2, 0.25) is 0 Å². The lowest BCUT2D eigenvalue weighted by Crippen LogP contribution is -2.18. The number of carbonyl (C=O) groups excluding carboxylic acids is 1. The van der Waals surface area contributed by atoms with Crippen LogP contribution in [0.25, 0.3) is 0 Å². The van der Waals surface area contributed by atoms with Crippen molar-refractivity contribution in [3.63, 3.8) is 0 Å². The van der Waals surface area contributed by atoms with Gasteiger partial charge in [-0.3, -0.25) is 4.79 Å². The number of aromatic nitrogens is 3. The third-order valence-corrected chi connectivity index (χ3v) is 5.23. The van der Waals surface area contributed by atoms with E-state index in [-0.39, 0.29) is 12.3 Å². The van der Waals surface area contributed by atoms with Gasteiger partial charge in [0.15, 0.2) is 11.5 Å². The van der Waals surface area contributed by atoms with E-state index in [2.05, 4.69) is 20.7 Å². The molecular formula is C26H27N5O3. The van der Waals surface area contributed by atoms with Crippen molar-refractivity contribution in [3.8, 4) is 11.5 Å². The summed E-state index contributed by atoms with van der Waals surface area (Å²) in [5.74, 6) is 1.71. The molecule has 8 heteroatoms. The van der Waals surface area contributed by atoms with Crippen LogP contribution in [0.5, 0.6) is 11.5 Å². The van der Waals surface area contributed by atoms with Crippen molar-refractivity contribution in [1.82, 2.24) is 14.8 Å². The maximum absolute atomic E-state index is 13.2. The Balaban J connectivity index is 1.54. The van der Waals surface area contributed by atoms with Crippen LogP contribution < -0.4 is 20.1 Å². The molecule has 34 heavy (non-hydrogen) atoms. The second-order valence-corrected chi connectivity index (χ2v) is 7.61. The van der Waals surface area contributed by atoms with Gasteiger partial charge in [0.2, 0.25) is 11.9 Å². The zero-order chi connectivity index (χ0) is 23.8. The Hall–Kier alpha value is -4.33. The minimum atomic E-state index is -0.219. The van der Waals surface area contributed by atoms with Crippen molar-refractivity contribution in [3.05, 3.63) is 95.6 Å². The Morgan fingerprint density at radius 2 is 1.41 bits per heavy atom. The highest BCUT2D eigenvalue weighted by molar-refractivity contribution is 5.83. The summed E-state index contributed by atoms with van der Waals surface area (Å²) in [6, 6.07) is 25.3. The summed E-state index contributed by atoms with van der Waals surface area (Å²) in [5, 5.41) is 10.9. The molecule has 8 nitrogen and oxygen atoms in total. The maximum atomic E-state index is 13.2. The lowest BCUT2D eigenvalue weighted by atomic mass is 10.1. The number of hydrogen-bond acceptors (Lipinski definition) is 7. The average Bonchev–Trinajstić information content (AvgIpc) is 3.30. The van der Waals surface area contributed by atoms with Gasteiger partial charge in [0, 0.05) is 13.1 Å². The maximum Gasteiger partial charge on any atom is 0.254 e. The van der Waals surface area contributed by atoms with Gasteiger partial charge in [-0.1, -0.05) is 66.7 Å². The number of rotatable bonds is 10. The molecule has 4 aromatic rings. The molecule has 0 aliphatic heterocycles. The summed E-state index contributed by atoms with van der Waals surface area (Å²) in [7, 11) is 3.14. The summed E-state index contributed by atoms with van der Waals surface area (Å²) >= 11 is 0. The molecule has 4 rings (SSSR count). The van der Waals surface area contributed by atoms with E-state index in [1.165, 1.54) is 4.68 Å². The van der Waals surface area contributed by atoms with Crippen LogP contribution in [-0.2, 0) is 19.5 Å². The van der Waals surface area contributed by atoms with Crippen LogP contribution in [0.1, 0.15) is 21.5 Å². The lowest BCUT2D eigenvalue weighted by molar-refractivity contribution is 0.0901. The topological polar surface area (TPSA) is 90.3 Å². The highest BCUT2D eigenvalue weighted by atomic mass is 16.5. The average molecular weight is 458 g/mol. The molecule has 0 spiro atoms. The van der Waals surface area contributed by atoms with Crippen molar-refractivity contribution >= 4 is 17.8 Å². The van der Waals surface area contributed by atoms with Crippen molar-refractivity contribution in [2.75, 3.05) is 24.9 Å². The summed E-state index contributed by atoms with van der Waals surface area (Å²) in [5.41, 5.74) is 2.95. The van der Waals surface area contributed by atoms with Gasteiger partial charge in [0.05, 0.1) is 20.6 Å². The second kappa shape index (κ2) is 11.0. The predicted octanol–water partition coefficient (Wildman–Crippen LogP) is 4.40. The van der Waals surface area contributed by atoms with E-state index in [1.807, 2.05) is 66.7 Å². The first kappa shape index (κ1) is 22.8. The van der Waals surface area contributed by atoms with Crippen LogP contribution in [0, 0.1) is 0 Å². The molecule has 3 aromatic carbocycles. The molecule has 1 heterocycles. The van der Waals surface area contributed by atoms with Gasteiger partial charge in [-0.05, 0) is 28.8 Å². The molecule has 0 bridgehead atoms. The van der Waals surface area contributed by atoms with Crippen molar-refractivity contribution < 1.29 is 14.3 Å². The molecule has 0 radical (unpaired) electrons. The second-order valence-electron chi connectivity index (χ2n) is 7.61. The van der Waals surface area contributed by atoms with Gasteiger partial charge in [0.25, 0.3) is 5.91 Å². The van der Waals surface area contributed by atoms with Crippen LogP contribution >= 0.6 is 0 Å².